The number of nitrogens with zero attached hydrogens (tertiary/aromatic N) is 5. The highest BCUT2D eigenvalue weighted by Crippen LogP contribution is 2.39. The fourth-order valence-corrected chi connectivity index (χ4v) is 4.01. The Labute approximate surface area is 207 Å². The molecule has 0 aliphatic rings. The first-order valence-electron chi connectivity index (χ1n) is 11.5. The van der Waals surface area contributed by atoms with Gasteiger partial charge in [-0.2, -0.15) is 0 Å². The molecule has 4 N–H and O–H groups in total. The van der Waals surface area contributed by atoms with Gasteiger partial charge in [0.2, 0.25) is 0 Å². The van der Waals surface area contributed by atoms with Crippen LogP contribution in [0.5, 0.6) is 17.5 Å². The number of benzene rings is 2. The molecule has 190 valence electrons. The zero-order valence-corrected chi connectivity index (χ0v) is 20.3. The molecule has 0 saturated heterocycles. The quantitative estimate of drug-likeness (QED) is 0.257. The summed E-state index contributed by atoms with van der Waals surface area (Å²) in [6.07, 6.45) is 0.934. The third-order valence-electron chi connectivity index (χ3n) is 6.04. The minimum Gasteiger partial charge on any atom is -0.508 e. The molecule has 0 unspecified atom stereocenters. The summed E-state index contributed by atoms with van der Waals surface area (Å²) >= 11 is 0. The average molecular weight is 496 g/mol. The number of aromatic hydroxyl groups is 3. The molecular formula is C25H29N5O6. The van der Waals surface area contributed by atoms with Crippen molar-refractivity contribution >= 4 is 17.0 Å². The number of phenols is 2. The van der Waals surface area contributed by atoms with Crippen molar-refractivity contribution in [3.05, 3.63) is 48.2 Å². The van der Waals surface area contributed by atoms with Gasteiger partial charge in [0.25, 0.3) is 0 Å². The fourth-order valence-electron chi connectivity index (χ4n) is 4.01. The van der Waals surface area contributed by atoms with Crippen molar-refractivity contribution in [1.29, 1.82) is 0 Å². The van der Waals surface area contributed by atoms with Crippen LogP contribution in [0.1, 0.15) is 25.3 Å². The van der Waals surface area contributed by atoms with E-state index in [1.165, 1.54) is 22.6 Å². The first-order valence-corrected chi connectivity index (χ1v) is 11.5. The molecule has 0 atom stereocenters. The third kappa shape index (κ3) is 4.91. The van der Waals surface area contributed by atoms with E-state index in [4.69, 9.17) is 9.84 Å². The van der Waals surface area contributed by atoms with Gasteiger partial charge in [-0.3, -0.25) is 0 Å². The molecule has 1 amide bonds. The van der Waals surface area contributed by atoms with E-state index in [1.54, 1.807) is 6.07 Å². The van der Waals surface area contributed by atoms with Crippen LogP contribution >= 0.6 is 0 Å². The number of likely N-dealkylation sites (N-methyl/N-ethyl adjacent to an activating group) is 1. The highest BCUT2D eigenvalue weighted by Gasteiger charge is 2.21. The lowest BCUT2D eigenvalue weighted by atomic mass is 9.98. The van der Waals surface area contributed by atoms with Crippen molar-refractivity contribution in [2.24, 2.45) is 0 Å². The number of hydrogen-bond donors (Lipinski definition) is 4. The Morgan fingerprint density at radius 2 is 1.83 bits per heavy atom. The molecule has 4 rings (SSSR count). The number of aromatic nitrogens is 4. The number of rotatable bonds is 9. The van der Waals surface area contributed by atoms with Crippen molar-refractivity contribution in [3.8, 4) is 34.6 Å². The molecule has 36 heavy (non-hydrogen) atoms. The molecule has 0 fully saturated rings. The molecule has 0 aliphatic heterocycles. The Kier molecular flexibility index (Phi) is 7.02. The van der Waals surface area contributed by atoms with Crippen LogP contribution < -0.4 is 0 Å². The number of phenolic OH excluding ortho intramolecular Hbond substituents is 2. The smallest absolute Gasteiger partial charge is 0.407 e. The number of hydrogen-bond acceptors (Lipinski definition) is 7. The van der Waals surface area contributed by atoms with Gasteiger partial charge in [-0.15, -0.1) is 5.10 Å². The summed E-state index contributed by atoms with van der Waals surface area (Å²) in [6.45, 7) is 5.47. The van der Waals surface area contributed by atoms with E-state index in [9.17, 15) is 20.1 Å². The molecule has 2 aromatic carbocycles. The van der Waals surface area contributed by atoms with Crippen LogP contribution in [0, 0.1) is 0 Å². The maximum Gasteiger partial charge on any atom is 0.407 e. The fraction of sp³-hybridized carbons (Fsp3) is 0.320. The molecule has 0 aliphatic carbocycles. The van der Waals surface area contributed by atoms with Gasteiger partial charge in [-0.1, -0.05) is 18.9 Å². The minimum atomic E-state index is -0.992. The van der Waals surface area contributed by atoms with Crippen molar-refractivity contribution in [2.45, 2.75) is 26.3 Å². The third-order valence-corrected chi connectivity index (χ3v) is 6.04. The van der Waals surface area contributed by atoms with E-state index < -0.39 is 6.09 Å². The van der Waals surface area contributed by atoms with Crippen LogP contribution in [0.25, 0.3) is 28.0 Å². The Morgan fingerprint density at radius 3 is 2.56 bits per heavy atom. The van der Waals surface area contributed by atoms with E-state index in [2.05, 4.69) is 10.2 Å². The Bertz CT molecular complexity index is 1390. The minimum absolute atomic E-state index is 0.00694. The monoisotopic (exact) mass is 495 g/mol. The molecule has 0 bridgehead atoms. The van der Waals surface area contributed by atoms with Crippen LogP contribution in [0.3, 0.4) is 0 Å². The molecule has 11 heteroatoms. The molecule has 4 aromatic rings. The van der Waals surface area contributed by atoms with Gasteiger partial charge >= 0.3 is 12.1 Å². The van der Waals surface area contributed by atoms with Gasteiger partial charge in [-0.05, 0) is 41.8 Å². The van der Waals surface area contributed by atoms with Crippen molar-refractivity contribution < 1.29 is 30.0 Å². The van der Waals surface area contributed by atoms with Crippen LogP contribution in [-0.2, 0) is 11.3 Å². The topological polar surface area (TPSA) is 146 Å². The summed E-state index contributed by atoms with van der Waals surface area (Å²) in [4.78, 5) is 12.0. The number of carboxylic acid groups (broad SMARTS) is 1. The average Bonchev–Trinajstić information content (AvgIpc) is 3.41. The van der Waals surface area contributed by atoms with Crippen molar-refractivity contribution in [3.63, 3.8) is 0 Å². The van der Waals surface area contributed by atoms with E-state index in [-0.39, 0.29) is 29.3 Å². The highest BCUT2D eigenvalue weighted by molar-refractivity contribution is 5.83. The lowest BCUT2D eigenvalue weighted by Crippen LogP contribution is -2.28. The molecule has 11 nitrogen and oxygen atoms in total. The molecular weight excluding hydrogens is 466 g/mol. The second-order valence-corrected chi connectivity index (χ2v) is 8.81. The zero-order chi connectivity index (χ0) is 26.0. The number of fused-ring (bicyclic) bond motifs is 1. The first kappa shape index (κ1) is 24.9. The van der Waals surface area contributed by atoms with Gasteiger partial charge in [0, 0.05) is 43.3 Å². The molecule has 2 heterocycles. The Morgan fingerprint density at radius 1 is 1.06 bits per heavy atom. The summed E-state index contributed by atoms with van der Waals surface area (Å²) < 4.78 is 9.03. The van der Waals surface area contributed by atoms with Crippen LogP contribution in [-0.4, -0.2) is 77.6 Å². The van der Waals surface area contributed by atoms with Crippen molar-refractivity contribution in [1.82, 2.24) is 24.2 Å². The summed E-state index contributed by atoms with van der Waals surface area (Å²) in [5, 5.41) is 48.9. The standard InChI is InChI=1S/C25H29N5O6/c1-15(2)18-13-19(22(32)14-21(18)31)23-26-27-24(33)30(23)17-4-5-20-16(12-17)6-7-29(20)9-11-36-10-8-28(3)25(34)35/h4-7,12-15,31-32H,8-11H2,1-3H3,(H,27,33)(H,34,35). The van der Waals surface area contributed by atoms with Crippen molar-refractivity contribution in [2.75, 3.05) is 26.8 Å². The molecule has 0 saturated carbocycles. The summed E-state index contributed by atoms with van der Waals surface area (Å²) in [6, 6.07) is 10.1. The lowest BCUT2D eigenvalue weighted by Gasteiger charge is -2.14. The van der Waals surface area contributed by atoms with Crippen LogP contribution in [0.2, 0.25) is 0 Å². The van der Waals surface area contributed by atoms with Gasteiger partial charge in [0.1, 0.15) is 11.5 Å². The van der Waals surface area contributed by atoms with E-state index >= 15 is 0 Å². The first-order chi connectivity index (χ1) is 17.2. The number of amides is 1. The maximum atomic E-state index is 10.8. The Hall–Kier alpha value is -4.25. The molecule has 0 radical (unpaired) electrons. The van der Waals surface area contributed by atoms with E-state index in [0.29, 0.717) is 43.1 Å². The second kappa shape index (κ2) is 10.2. The highest BCUT2D eigenvalue weighted by atomic mass is 16.5. The summed E-state index contributed by atoms with van der Waals surface area (Å²) in [5.41, 5.74) is 2.53. The Balaban J connectivity index is 1.57. The maximum absolute atomic E-state index is 10.8. The van der Waals surface area contributed by atoms with Gasteiger partial charge in [0.15, 0.2) is 5.82 Å². The summed E-state index contributed by atoms with van der Waals surface area (Å²) in [7, 11) is 1.49. The van der Waals surface area contributed by atoms with Gasteiger partial charge in [-0.25, -0.2) is 9.36 Å². The predicted molar refractivity (Wildman–Crippen MR) is 133 cm³/mol. The lowest BCUT2D eigenvalue weighted by molar-refractivity contribution is 0.0983. The van der Waals surface area contributed by atoms with E-state index in [0.717, 1.165) is 10.9 Å². The van der Waals surface area contributed by atoms with E-state index in [1.807, 2.05) is 48.9 Å². The van der Waals surface area contributed by atoms with Gasteiger partial charge < -0.3 is 34.6 Å². The second-order valence-electron chi connectivity index (χ2n) is 8.81. The van der Waals surface area contributed by atoms with Crippen LogP contribution in [0.4, 0.5) is 4.79 Å². The number of ether oxygens (including phenoxy) is 1. The number of carbonyl (C=O) groups is 1. The normalized spacial score (nSPS) is 11.4. The molecule has 2 aromatic heterocycles. The van der Waals surface area contributed by atoms with Gasteiger partial charge in [0.05, 0.1) is 24.5 Å². The molecule has 0 spiro atoms. The summed E-state index contributed by atoms with van der Waals surface area (Å²) in [5.74, 6) is 0.0624. The van der Waals surface area contributed by atoms with Crippen LogP contribution in [0.15, 0.2) is 42.6 Å². The zero-order valence-electron chi connectivity index (χ0n) is 20.3. The SMILES string of the molecule is CC(C)c1cc(-c2nnc(O)n2-c2ccc3c(ccn3CCOCCN(C)C(=O)O)c2)c(O)cc1O. The largest absolute Gasteiger partial charge is 0.508 e. The predicted octanol–water partition coefficient (Wildman–Crippen LogP) is 3.76.